The first kappa shape index (κ1) is 20.3. The van der Waals surface area contributed by atoms with E-state index < -0.39 is 0 Å². The summed E-state index contributed by atoms with van der Waals surface area (Å²) in [4.78, 5) is 12.5. The first-order valence-corrected chi connectivity index (χ1v) is 10.5. The van der Waals surface area contributed by atoms with Gasteiger partial charge in [0, 0.05) is 18.7 Å². The topological polar surface area (TPSA) is 89.3 Å². The van der Waals surface area contributed by atoms with Gasteiger partial charge in [-0.3, -0.25) is 9.48 Å². The van der Waals surface area contributed by atoms with Crippen LogP contribution >= 0.6 is 0 Å². The van der Waals surface area contributed by atoms with Crippen LogP contribution in [0.15, 0.2) is 6.20 Å². The minimum absolute atomic E-state index is 0.0626. The number of amides is 1. The number of ether oxygens (including phenoxy) is 1. The van der Waals surface area contributed by atoms with Gasteiger partial charge in [-0.15, -0.1) is 5.10 Å². The number of hydrogen-bond acceptors (Lipinski definition) is 5. The van der Waals surface area contributed by atoms with Crippen LogP contribution in [0.25, 0.3) is 0 Å². The fourth-order valence-corrected chi connectivity index (χ4v) is 4.14. The summed E-state index contributed by atoms with van der Waals surface area (Å²) in [6.45, 7) is 4.90. The van der Waals surface area contributed by atoms with Crippen molar-refractivity contribution in [3.05, 3.63) is 11.9 Å². The lowest BCUT2D eigenvalue weighted by Crippen LogP contribution is -2.52. The van der Waals surface area contributed by atoms with Crippen molar-refractivity contribution in [3.8, 4) is 0 Å². The first-order valence-electron chi connectivity index (χ1n) is 10.5. The zero-order chi connectivity index (χ0) is 19.2. The van der Waals surface area contributed by atoms with Crippen molar-refractivity contribution >= 4 is 5.91 Å². The Balaban J connectivity index is 1.46. The Labute approximate surface area is 161 Å². The molecule has 7 nitrogen and oxygen atoms in total. The maximum atomic E-state index is 12.5. The van der Waals surface area contributed by atoms with Crippen LogP contribution in [0.5, 0.6) is 0 Å². The molecule has 2 fully saturated rings. The van der Waals surface area contributed by atoms with Crippen LogP contribution in [-0.4, -0.2) is 50.9 Å². The summed E-state index contributed by atoms with van der Waals surface area (Å²) in [7, 11) is 0. The van der Waals surface area contributed by atoms with E-state index in [-0.39, 0.29) is 36.7 Å². The first-order chi connectivity index (χ1) is 13.1. The highest BCUT2D eigenvalue weighted by Gasteiger charge is 2.33. The van der Waals surface area contributed by atoms with Gasteiger partial charge in [0.1, 0.15) is 6.10 Å². The molecule has 2 heterocycles. The van der Waals surface area contributed by atoms with E-state index >= 15 is 0 Å². The highest BCUT2D eigenvalue weighted by atomic mass is 16.5. The zero-order valence-corrected chi connectivity index (χ0v) is 16.6. The van der Waals surface area contributed by atoms with Crippen LogP contribution in [0.3, 0.4) is 0 Å². The molecule has 2 N–H and O–H groups in total. The van der Waals surface area contributed by atoms with E-state index in [1.54, 1.807) is 0 Å². The third-order valence-corrected chi connectivity index (χ3v) is 5.93. The Kier molecular flexibility index (Phi) is 7.24. The molecule has 0 spiro atoms. The third kappa shape index (κ3) is 5.51. The van der Waals surface area contributed by atoms with E-state index in [2.05, 4.69) is 29.5 Å². The normalized spacial score (nSPS) is 27.0. The van der Waals surface area contributed by atoms with Crippen molar-refractivity contribution in [3.63, 3.8) is 0 Å². The summed E-state index contributed by atoms with van der Waals surface area (Å²) in [5.41, 5.74) is 0.998. The van der Waals surface area contributed by atoms with Gasteiger partial charge in [-0.25, -0.2) is 0 Å². The summed E-state index contributed by atoms with van der Waals surface area (Å²) < 4.78 is 7.95. The van der Waals surface area contributed by atoms with Gasteiger partial charge < -0.3 is 15.2 Å². The second-order valence-corrected chi connectivity index (χ2v) is 8.36. The SMILES string of the molecule is CC(C)c1cn(CC[C@H]2CC[C@@H](NC(=O)C3CCCCC3)[C@H](CO)O2)nn1. The van der Waals surface area contributed by atoms with Crippen molar-refractivity contribution in [2.75, 3.05) is 6.61 Å². The molecule has 0 aromatic carbocycles. The standard InChI is InChI=1S/C20H34N4O3/c1-14(2)18-12-24(23-22-18)11-10-16-8-9-17(19(13-25)27-16)21-20(26)15-6-4-3-5-7-15/h12,14-17,19,25H,3-11,13H2,1-2H3,(H,21,26)/t16-,17-,19+/m1/s1. The zero-order valence-electron chi connectivity index (χ0n) is 16.6. The molecule has 3 atom stereocenters. The van der Waals surface area contributed by atoms with E-state index in [9.17, 15) is 9.90 Å². The maximum absolute atomic E-state index is 12.5. The number of rotatable bonds is 7. The van der Waals surface area contributed by atoms with Crippen LogP contribution in [0.1, 0.15) is 76.8 Å². The summed E-state index contributed by atoms with van der Waals surface area (Å²) in [5.74, 6) is 0.652. The molecule has 1 aromatic heterocycles. The number of aliphatic hydroxyl groups is 1. The van der Waals surface area contributed by atoms with Gasteiger partial charge in [0.2, 0.25) is 5.91 Å². The van der Waals surface area contributed by atoms with Crippen molar-refractivity contribution in [1.29, 1.82) is 0 Å². The molecular formula is C20H34N4O3. The smallest absolute Gasteiger partial charge is 0.223 e. The van der Waals surface area contributed by atoms with E-state index in [4.69, 9.17) is 4.74 Å². The molecule has 27 heavy (non-hydrogen) atoms. The van der Waals surface area contributed by atoms with Gasteiger partial charge in [0.15, 0.2) is 0 Å². The predicted octanol–water partition coefficient (Wildman–Crippen LogP) is 2.40. The Bertz CT molecular complexity index is 598. The largest absolute Gasteiger partial charge is 0.394 e. The van der Waals surface area contributed by atoms with Crippen molar-refractivity contribution < 1.29 is 14.6 Å². The Morgan fingerprint density at radius 1 is 1.30 bits per heavy atom. The minimum Gasteiger partial charge on any atom is -0.394 e. The number of nitrogens with one attached hydrogen (secondary N) is 1. The lowest BCUT2D eigenvalue weighted by molar-refractivity contribution is -0.133. The molecule has 1 aromatic rings. The molecule has 0 radical (unpaired) electrons. The van der Waals surface area contributed by atoms with Crippen LogP contribution in [-0.2, 0) is 16.1 Å². The number of carbonyl (C=O) groups excluding carboxylic acids is 1. The quantitative estimate of drug-likeness (QED) is 0.760. The lowest BCUT2D eigenvalue weighted by Gasteiger charge is -2.37. The predicted molar refractivity (Wildman–Crippen MR) is 102 cm³/mol. The highest BCUT2D eigenvalue weighted by Crippen LogP contribution is 2.26. The number of hydrogen-bond donors (Lipinski definition) is 2. The number of aromatic nitrogens is 3. The van der Waals surface area contributed by atoms with Crippen molar-refractivity contribution in [1.82, 2.24) is 20.3 Å². The highest BCUT2D eigenvalue weighted by molar-refractivity contribution is 5.79. The number of nitrogens with zero attached hydrogens (tertiary/aromatic N) is 3. The monoisotopic (exact) mass is 378 g/mol. The average molecular weight is 379 g/mol. The maximum Gasteiger partial charge on any atom is 0.223 e. The number of carbonyl (C=O) groups is 1. The number of aliphatic hydroxyl groups excluding tert-OH is 1. The minimum atomic E-state index is -0.321. The van der Waals surface area contributed by atoms with Gasteiger partial charge in [-0.2, -0.15) is 0 Å². The van der Waals surface area contributed by atoms with Gasteiger partial charge in [-0.05, 0) is 38.0 Å². The lowest BCUT2D eigenvalue weighted by atomic mass is 9.88. The molecule has 1 aliphatic heterocycles. The fraction of sp³-hybridized carbons (Fsp3) is 0.850. The molecule has 1 saturated heterocycles. The van der Waals surface area contributed by atoms with E-state index in [1.165, 1.54) is 6.42 Å². The van der Waals surface area contributed by atoms with Gasteiger partial charge >= 0.3 is 0 Å². The molecule has 7 heteroatoms. The van der Waals surface area contributed by atoms with Crippen LogP contribution < -0.4 is 5.32 Å². The second-order valence-electron chi connectivity index (χ2n) is 8.36. The fourth-order valence-electron chi connectivity index (χ4n) is 4.14. The Morgan fingerprint density at radius 3 is 2.74 bits per heavy atom. The van der Waals surface area contributed by atoms with Crippen LogP contribution in [0, 0.1) is 5.92 Å². The summed E-state index contributed by atoms with van der Waals surface area (Å²) in [5, 5.41) is 21.3. The van der Waals surface area contributed by atoms with Gasteiger partial charge in [0.25, 0.3) is 0 Å². The third-order valence-electron chi connectivity index (χ3n) is 5.93. The summed E-state index contributed by atoms with van der Waals surface area (Å²) in [6, 6.07) is -0.0837. The number of aryl methyl sites for hydroxylation is 1. The average Bonchev–Trinajstić information content (AvgIpc) is 3.17. The molecular weight excluding hydrogens is 344 g/mol. The van der Waals surface area contributed by atoms with Crippen molar-refractivity contribution in [2.45, 2.75) is 95.9 Å². The van der Waals surface area contributed by atoms with Gasteiger partial charge in [0.05, 0.1) is 24.4 Å². The van der Waals surface area contributed by atoms with Crippen LogP contribution in [0.2, 0.25) is 0 Å². The summed E-state index contributed by atoms with van der Waals surface area (Å²) >= 11 is 0. The molecule has 0 unspecified atom stereocenters. The van der Waals surface area contributed by atoms with Crippen molar-refractivity contribution in [2.24, 2.45) is 5.92 Å². The molecule has 152 valence electrons. The van der Waals surface area contributed by atoms with E-state index in [0.29, 0.717) is 5.92 Å². The van der Waals surface area contributed by atoms with Gasteiger partial charge in [-0.1, -0.05) is 38.3 Å². The molecule has 0 bridgehead atoms. The Hall–Kier alpha value is -1.47. The second kappa shape index (κ2) is 9.64. The molecule has 1 saturated carbocycles. The summed E-state index contributed by atoms with van der Waals surface area (Å²) in [6.07, 6.45) is 9.82. The molecule has 1 amide bonds. The molecule has 2 aliphatic rings. The van der Waals surface area contributed by atoms with Crippen LogP contribution in [0.4, 0.5) is 0 Å². The van der Waals surface area contributed by atoms with E-state index in [1.807, 2.05) is 10.9 Å². The molecule has 3 rings (SSSR count). The van der Waals surface area contributed by atoms with E-state index in [0.717, 1.165) is 57.2 Å². The Morgan fingerprint density at radius 2 is 2.07 bits per heavy atom. The molecule has 1 aliphatic carbocycles.